The van der Waals surface area contributed by atoms with Crippen LogP contribution in [0.2, 0.25) is 0 Å². The molecule has 0 aromatic carbocycles. The Morgan fingerprint density at radius 2 is 1.20 bits per heavy atom. The van der Waals surface area contributed by atoms with Gasteiger partial charge in [0.1, 0.15) is 0 Å². The van der Waals surface area contributed by atoms with Crippen molar-refractivity contribution in [3.63, 3.8) is 0 Å². The van der Waals surface area contributed by atoms with Crippen molar-refractivity contribution in [2.45, 2.75) is 0 Å². The summed E-state index contributed by atoms with van der Waals surface area (Å²) < 4.78 is 31.7. The molecule has 2 N–H and O–H groups in total. The predicted octanol–water partition coefficient (Wildman–Crippen LogP) is -4.44. The van der Waals surface area contributed by atoms with Gasteiger partial charge in [-0.1, -0.05) is 0 Å². The van der Waals surface area contributed by atoms with Crippen LogP contribution in [0.25, 0.3) is 0 Å². The quantitative estimate of drug-likeness (QED) is 0.312. The van der Waals surface area contributed by atoms with Gasteiger partial charge in [-0.05, 0) is 0 Å². The minimum absolute atomic E-state index is 0. The van der Waals surface area contributed by atoms with E-state index < -0.39 is 22.6 Å². The van der Waals surface area contributed by atoms with Crippen molar-refractivity contribution < 1.29 is 46.1 Å². The van der Waals surface area contributed by atoms with Crippen molar-refractivity contribution in [2.75, 3.05) is 0 Å². The molecular formula is H2AlCrO7P. The molecule has 0 aliphatic rings. The van der Waals surface area contributed by atoms with E-state index in [0.717, 1.165) is 0 Å². The Morgan fingerprint density at radius 3 is 1.20 bits per heavy atom. The maximum atomic E-state index is 8.76. The number of hydrogen-bond acceptors (Lipinski definition) is 5. The van der Waals surface area contributed by atoms with Gasteiger partial charge in [0.15, 0.2) is 0 Å². The molecule has 0 spiro atoms. The third-order valence-corrected chi connectivity index (χ3v) is 0. The van der Waals surface area contributed by atoms with Gasteiger partial charge >= 0.3 is 44.2 Å². The third kappa shape index (κ3) is 692. The van der Waals surface area contributed by atoms with E-state index >= 15 is 0 Å². The van der Waals surface area contributed by atoms with Gasteiger partial charge in [0.25, 0.3) is 0 Å². The van der Waals surface area contributed by atoms with Crippen LogP contribution in [0.5, 0.6) is 0 Å². The van der Waals surface area contributed by atoms with Crippen LogP contribution in [0.15, 0.2) is 0 Å². The average molecular weight is 224 g/mol. The fourth-order valence-corrected chi connectivity index (χ4v) is 0. The van der Waals surface area contributed by atoms with Crippen molar-refractivity contribution >= 4 is 25.2 Å². The predicted molar refractivity (Wildman–Crippen MR) is 18.5 cm³/mol. The first-order valence-electron chi connectivity index (χ1n) is 1.26. The minimum atomic E-state index is -5.39. The number of rotatable bonds is 0. The molecule has 0 heterocycles. The summed E-state index contributed by atoms with van der Waals surface area (Å²) in [5.74, 6) is 0. The van der Waals surface area contributed by atoms with Crippen LogP contribution in [-0.4, -0.2) is 25.7 Å². The van der Waals surface area contributed by atoms with Gasteiger partial charge in [-0.2, -0.15) is 7.82 Å². The summed E-state index contributed by atoms with van der Waals surface area (Å²) in [7, 11) is -5.39. The molecule has 0 saturated carbocycles. The molecule has 0 aliphatic heterocycles. The van der Waals surface area contributed by atoms with Gasteiger partial charge in [0, 0.05) is 0 Å². The molecule has 58 valence electrons. The first-order chi connectivity index (χ1) is 3.73. The Bertz CT molecular complexity index is 113. The van der Waals surface area contributed by atoms with Crippen LogP contribution in [0, 0.1) is 0 Å². The first kappa shape index (κ1) is 17.1. The van der Waals surface area contributed by atoms with Crippen LogP contribution in [0.1, 0.15) is 0 Å². The molecule has 10 heavy (non-hydrogen) atoms. The van der Waals surface area contributed by atoms with Crippen molar-refractivity contribution in [3.8, 4) is 0 Å². The number of hydrogen-bond donors (Lipinski definition) is 2. The molecule has 0 aliphatic carbocycles. The van der Waals surface area contributed by atoms with Gasteiger partial charge in [-0.3, -0.25) is 0 Å². The van der Waals surface area contributed by atoms with E-state index in [9.17, 15) is 0 Å². The van der Waals surface area contributed by atoms with Gasteiger partial charge in [0.2, 0.25) is 0 Å². The second kappa shape index (κ2) is 8.00. The Labute approximate surface area is 71.6 Å². The average Bonchev–Trinajstić information content (AvgIpc) is 1.19. The van der Waals surface area contributed by atoms with E-state index in [1.165, 1.54) is 0 Å². The van der Waals surface area contributed by atoms with Crippen molar-refractivity contribution in [1.29, 1.82) is 0 Å². The summed E-state index contributed by atoms with van der Waals surface area (Å²) in [4.78, 5) is 25.6. The molecule has 0 aromatic heterocycles. The standard InChI is InChI=1S/Al.Cr.H3O4P.2H2O.O/c;;1-5(2,3)4;;;/h;;(H3,1,2,3,4);2*1H2;/q+3;+2;;;;/p-5. The van der Waals surface area contributed by atoms with E-state index in [2.05, 4.69) is 0 Å². The second-order valence-corrected chi connectivity index (χ2v) is 2.29. The van der Waals surface area contributed by atoms with Crippen LogP contribution in [-0.2, 0) is 23.1 Å². The summed E-state index contributed by atoms with van der Waals surface area (Å²) in [5.41, 5.74) is 0. The van der Waals surface area contributed by atoms with Crippen LogP contribution in [0.3, 0.4) is 0 Å². The zero-order valence-corrected chi connectivity index (χ0v) is 7.69. The van der Waals surface area contributed by atoms with Gasteiger partial charge in [0.05, 0.1) is 0 Å². The summed E-state index contributed by atoms with van der Waals surface area (Å²) in [6.07, 6.45) is 0. The normalized spacial score (nSPS) is 9.40. The molecule has 10 heteroatoms. The van der Waals surface area contributed by atoms with Crippen molar-refractivity contribution in [3.05, 3.63) is 0 Å². The Kier molecular flexibility index (Phi) is 13.7. The third-order valence-electron chi connectivity index (χ3n) is 0. The molecule has 0 bridgehead atoms. The molecule has 0 fully saturated rings. The van der Waals surface area contributed by atoms with Gasteiger partial charge in [-0.25, -0.2) is 0 Å². The molecule has 0 saturated heterocycles. The van der Waals surface area contributed by atoms with Gasteiger partial charge < -0.3 is 19.2 Å². The SMILES string of the molecule is O=P([O-])([O-])[O-].[Al+3].[O]=[Cr]([OH])[OH]. The summed E-state index contributed by atoms with van der Waals surface area (Å²) in [5, 5.41) is 0. The van der Waals surface area contributed by atoms with Crippen molar-refractivity contribution in [2.24, 2.45) is 0 Å². The zero-order valence-electron chi connectivity index (χ0n) is 4.37. The van der Waals surface area contributed by atoms with Gasteiger partial charge in [-0.15, -0.1) is 0 Å². The van der Waals surface area contributed by atoms with Crippen molar-refractivity contribution in [1.82, 2.24) is 0 Å². The fraction of sp³-hybridized carbons (Fsp3) is 0. The Hall–Kier alpha value is 0.895. The molecular weight excluding hydrogens is 222 g/mol. The molecule has 0 atom stereocenters. The Balaban J connectivity index is -0.0000000910. The first-order valence-corrected chi connectivity index (χ1v) is 4.38. The second-order valence-electron chi connectivity index (χ2n) is 0.678. The van der Waals surface area contributed by atoms with E-state index in [-0.39, 0.29) is 17.4 Å². The van der Waals surface area contributed by atoms with E-state index in [4.69, 9.17) is 31.4 Å². The van der Waals surface area contributed by atoms with Crippen LogP contribution in [0.4, 0.5) is 0 Å². The fourth-order valence-electron chi connectivity index (χ4n) is 0. The molecule has 0 rings (SSSR count). The molecule has 0 amide bonds. The summed E-state index contributed by atoms with van der Waals surface area (Å²) in [6, 6.07) is 0. The van der Waals surface area contributed by atoms with Crippen LogP contribution >= 0.6 is 7.82 Å². The maximum absolute atomic E-state index is 8.76. The topological polar surface area (TPSA) is 144 Å². The Morgan fingerprint density at radius 1 is 1.20 bits per heavy atom. The molecule has 7 nitrogen and oxygen atoms in total. The summed E-state index contributed by atoms with van der Waals surface area (Å²) in [6.45, 7) is 0. The molecule has 0 radical (unpaired) electrons. The summed E-state index contributed by atoms with van der Waals surface area (Å²) >= 11 is -3.29. The zero-order chi connectivity index (χ0) is 8.08. The monoisotopic (exact) mass is 224 g/mol. The van der Waals surface area contributed by atoms with E-state index in [0.29, 0.717) is 0 Å². The van der Waals surface area contributed by atoms with E-state index in [1.54, 1.807) is 0 Å². The van der Waals surface area contributed by atoms with Crippen LogP contribution < -0.4 is 14.7 Å². The van der Waals surface area contributed by atoms with E-state index in [1.807, 2.05) is 0 Å². The molecule has 0 unspecified atom stereocenters. The molecule has 0 aromatic rings. The number of phosphoric acid groups is 1.